The van der Waals surface area contributed by atoms with Crippen molar-refractivity contribution in [3.05, 3.63) is 40.3 Å². The van der Waals surface area contributed by atoms with Crippen molar-refractivity contribution >= 4 is 10.8 Å². The van der Waals surface area contributed by atoms with Crippen LogP contribution in [0.1, 0.15) is 26.3 Å². The Morgan fingerprint density at radius 1 is 1.20 bits per heavy atom. The van der Waals surface area contributed by atoms with Gasteiger partial charge in [0.05, 0.1) is 11.6 Å². The first kappa shape index (κ1) is 9.90. The zero-order valence-electron chi connectivity index (χ0n) is 9.16. The quantitative estimate of drug-likeness (QED) is 0.712. The summed E-state index contributed by atoms with van der Waals surface area (Å²) in [6.07, 6.45) is 1.72. The minimum Gasteiger partial charge on any atom is -0.267 e. The minimum absolute atomic E-state index is 0.0228. The largest absolute Gasteiger partial charge is 0.272 e. The fourth-order valence-electron chi connectivity index (χ4n) is 1.77. The van der Waals surface area contributed by atoms with Crippen molar-refractivity contribution in [3.63, 3.8) is 0 Å². The fourth-order valence-corrected chi connectivity index (χ4v) is 1.77. The third-order valence-electron chi connectivity index (χ3n) is 2.52. The average molecular weight is 202 g/mol. The van der Waals surface area contributed by atoms with E-state index in [1.807, 2.05) is 18.2 Å². The van der Waals surface area contributed by atoms with E-state index in [1.165, 1.54) is 0 Å². The summed E-state index contributed by atoms with van der Waals surface area (Å²) in [5, 5.41) is 7.94. The second-order valence-electron chi connectivity index (χ2n) is 4.72. The molecule has 1 heterocycles. The smallest absolute Gasteiger partial charge is 0.267 e. The Kier molecular flexibility index (Phi) is 2.11. The van der Waals surface area contributed by atoms with Crippen LogP contribution >= 0.6 is 0 Å². The van der Waals surface area contributed by atoms with E-state index in [0.29, 0.717) is 5.39 Å². The van der Waals surface area contributed by atoms with Crippen molar-refractivity contribution in [2.75, 3.05) is 0 Å². The monoisotopic (exact) mass is 202 g/mol. The summed E-state index contributed by atoms with van der Waals surface area (Å²) < 4.78 is 0. The molecule has 0 saturated carbocycles. The van der Waals surface area contributed by atoms with Gasteiger partial charge < -0.3 is 0 Å². The maximum Gasteiger partial charge on any atom is 0.272 e. The van der Waals surface area contributed by atoms with Crippen LogP contribution in [0.2, 0.25) is 0 Å². The number of rotatable bonds is 0. The van der Waals surface area contributed by atoms with Gasteiger partial charge in [-0.15, -0.1) is 0 Å². The molecule has 1 aromatic heterocycles. The van der Waals surface area contributed by atoms with E-state index < -0.39 is 0 Å². The van der Waals surface area contributed by atoms with Gasteiger partial charge in [-0.2, -0.15) is 5.10 Å². The zero-order chi connectivity index (χ0) is 11.1. The number of H-pyrrole nitrogens is 1. The van der Waals surface area contributed by atoms with Crippen LogP contribution in [0, 0.1) is 0 Å². The number of aromatic nitrogens is 2. The van der Waals surface area contributed by atoms with Gasteiger partial charge in [-0.3, -0.25) is 4.79 Å². The third-order valence-corrected chi connectivity index (χ3v) is 2.52. The molecular weight excluding hydrogens is 188 g/mol. The van der Waals surface area contributed by atoms with Crippen LogP contribution < -0.4 is 5.56 Å². The summed E-state index contributed by atoms with van der Waals surface area (Å²) in [6, 6.07) is 5.78. The SMILES string of the molecule is CC(C)(C)c1cccc2c(=O)[nH]ncc12. The van der Waals surface area contributed by atoms with Gasteiger partial charge in [0.1, 0.15) is 0 Å². The highest BCUT2D eigenvalue weighted by Gasteiger charge is 2.17. The van der Waals surface area contributed by atoms with Gasteiger partial charge in [0, 0.05) is 5.39 Å². The van der Waals surface area contributed by atoms with Crippen LogP contribution in [0.3, 0.4) is 0 Å². The van der Waals surface area contributed by atoms with E-state index >= 15 is 0 Å². The highest BCUT2D eigenvalue weighted by molar-refractivity contribution is 5.84. The first-order chi connectivity index (χ1) is 7.00. The molecule has 0 atom stereocenters. The van der Waals surface area contributed by atoms with Gasteiger partial charge >= 0.3 is 0 Å². The number of fused-ring (bicyclic) bond motifs is 1. The molecule has 0 aliphatic rings. The van der Waals surface area contributed by atoms with E-state index in [2.05, 4.69) is 31.0 Å². The molecule has 2 rings (SSSR count). The molecule has 0 saturated heterocycles. The number of benzene rings is 1. The molecule has 3 heteroatoms. The topological polar surface area (TPSA) is 45.8 Å². The maximum absolute atomic E-state index is 11.5. The Bertz CT molecular complexity index is 549. The molecule has 0 bridgehead atoms. The molecule has 3 nitrogen and oxygen atoms in total. The number of aromatic amines is 1. The predicted octanol–water partition coefficient (Wildman–Crippen LogP) is 2.22. The summed E-state index contributed by atoms with van der Waals surface area (Å²) >= 11 is 0. The van der Waals surface area contributed by atoms with Crippen LogP contribution in [0.15, 0.2) is 29.2 Å². The Labute approximate surface area is 88.1 Å². The fraction of sp³-hybridized carbons (Fsp3) is 0.333. The lowest BCUT2D eigenvalue weighted by atomic mass is 9.84. The van der Waals surface area contributed by atoms with E-state index in [-0.39, 0.29) is 11.0 Å². The lowest BCUT2D eigenvalue weighted by Crippen LogP contribution is -2.15. The van der Waals surface area contributed by atoms with Crippen LogP contribution in [0.5, 0.6) is 0 Å². The Balaban J connectivity index is 2.89. The van der Waals surface area contributed by atoms with Gasteiger partial charge in [-0.1, -0.05) is 32.9 Å². The molecule has 0 unspecified atom stereocenters. The first-order valence-corrected chi connectivity index (χ1v) is 4.97. The molecule has 0 radical (unpaired) electrons. The standard InChI is InChI=1S/C12H14N2O/c1-12(2,3)10-6-4-5-8-9(10)7-13-14-11(8)15/h4-7H,1-3H3,(H,14,15). The minimum atomic E-state index is -0.126. The van der Waals surface area contributed by atoms with E-state index in [0.717, 1.165) is 10.9 Å². The second-order valence-corrected chi connectivity index (χ2v) is 4.72. The van der Waals surface area contributed by atoms with Crippen molar-refractivity contribution in [1.82, 2.24) is 10.2 Å². The van der Waals surface area contributed by atoms with Crippen molar-refractivity contribution in [3.8, 4) is 0 Å². The summed E-state index contributed by atoms with van der Waals surface area (Å²) in [5.74, 6) is 0. The summed E-state index contributed by atoms with van der Waals surface area (Å²) in [7, 11) is 0. The molecule has 1 N–H and O–H groups in total. The lowest BCUT2D eigenvalue weighted by molar-refractivity contribution is 0.595. The highest BCUT2D eigenvalue weighted by atomic mass is 16.1. The summed E-state index contributed by atoms with van der Waals surface area (Å²) in [4.78, 5) is 11.5. The van der Waals surface area contributed by atoms with Gasteiger partial charge in [0.25, 0.3) is 5.56 Å². The molecule has 0 aliphatic heterocycles. The molecule has 2 aromatic rings. The number of nitrogens with zero attached hydrogens (tertiary/aromatic N) is 1. The normalized spacial score (nSPS) is 11.9. The molecule has 78 valence electrons. The maximum atomic E-state index is 11.5. The van der Waals surface area contributed by atoms with Crippen LogP contribution in [0.4, 0.5) is 0 Å². The second kappa shape index (κ2) is 3.19. The van der Waals surface area contributed by atoms with E-state index in [9.17, 15) is 4.79 Å². The zero-order valence-corrected chi connectivity index (χ0v) is 9.16. The van der Waals surface area contributed by atoms with Crippen molar-refractivity contribution in [1.29, 1.82) is 0 Å². The van der Waals surface area contributed by atoms with Crippen molar-refractivity contribution in [2.45, 2.75) is 26.2 Å². The van der Waals surface area contributed by atoms with Crippen LogP contribution in [-0.4, -0.2) is 10.2 Å². The predicted molar refractivity (Wildman–Crippen MR) is 61.1 cm³/mol. The van der Waals surface area contributed by atoms with Crippen LogP contribution in [0.25, 0.3) is 10.8 Å². The van der Waals surface area contributed by atoms with Crippen LogP contribution in [-0.2, 0) is 5.41 Å². The van der Waals surface area contributed by atoms with Gasteiger partial charge in [0.15, 0.2) is 0 Å². The Morgan fingerprint density at radius 2 is 1.93 bits per heavy atom. The lowest BCUT2D eigenvalue weighted by Gasteiger charge is -2.20. The summed E-state index contributed by atoms with van der Waals surface area (Å²) in [6.45, 7) is 6.38. The third kappa shape index (κ3) is 1.65. The van der Waals surface area contributed by atoms with Gasteiger partial charge in [0.2, 0.25) is 0 Å². The molecule has 0 fully saturated rings. The molecule has 1 aromatic carbocycles. The molecule has 0 aliphatic carbocycles. The highest BCUT2D eigenvalue weighted by Crippen LogP contribution is 2.27. The number of nitrogens with one attached hydrogen (secondary N) is 1. The van der Waals surface area contributed by atoms with Crippen molar-refractivity contribution in [2.24, 2.45) is 0 Å². The van der Waals surface area contributed by atoms with Gasteiger partial charge in [-0.25, -0.2) is 5.10 Å². The molecule has 0 spiro atoms. The molecule has 0 amide bonds. The Hall–Kier alpha value is -1.64. The average Bonchev–Trinajstić information content (AvgIpc) is 2.16. The Morgan fingerprint density at radius 3 is 2.60 bits per heavy atom. The summed E-state index contributed by atoms with van der Waals surface area (Å²) in [5.41, 5.74) is 1.05. The van der Waals surface area contributed by atoms with E-state index in [4.69, 9.17) is 0 Å². The van der Waals surface area contributed by atoms with Gasteiger partial charge in [-0.05, 0) is 17.0 Å². The van der Waals surface area contributed by atoms with E-state index in [1.54, 1.807) is 6.20 Å². The molecule has 15 heavy (non-hydrogen) atoms. The van der Waals surface area contributed by atoms with Crippen molar-refractivity contribution < 1.29 is 0 Å². The number of hydrogen-bond acceptors (Lipinski definition) is 2. The molecular formula is C12H14N2O. The first-order valence-electron chi connectivity index (χ1n) is 4.97. The number of hydrogen-bond donors (Lipinski definition) is 1.